The molecule has 0 radical (unpaired) electrons. The monoisotopic (exact) mass is 276 g/mol. The van der Waals surface area contributed by atoms with Gasteiger partial charge in [0.2, 0.25) is 5.91 Å². The van der Waals surface area contributed by atoms with E-state index in [-0.39, 0.29) is 5.91 Å². The maximum absolute atomic E-state index is 12.1. The maximum atomic E-state index is 12.1. The lowest BCUT2D eigenvalue weighted by molar-refractivity contribution is -0.117. The van der Waals surface area contributed by atoms with Gasteiger partial charge in [-0.3, -0.25) is 9.69 Å². The highest BCUT2D eigenvalue weighted by molar-refractivity contribution is 5.92. The quantitative estimate of drug-likeness (QED) is 0.794. The van der Waals surface area contributed by atoms with Crippen LogP contribution in [0.5, 0.6) is 0 Å². The molecule has 0 saturated carbocycles. The third-order valence-corrected chi connectivity index (χ3v) is 3.59. The predicted molar refractivity (Wildman–Crippen MR) is 82.6 cm³/mol. The number of rotatable bonds is 5. The van der Waals surface area contributed by atoms with E-state index in [0.29, 0.717) is 18.3 Å². The van der Waals surface area contributed by atoms with Crippen molar-refractivity contribution >= 4 is 17.3 Å². The molecule has 110 valence electrons. The van der Waals surface area contributed by atoms with E-state index in [1.807, 2.05) is 18.2 Å². The van der Waals surface area contributed by atoms with E-state index in [0.717, 1.165) is 18.8 Å². The van der Waals surface area contributed by atoms with Crippen LogP contribution in [0.4, 0.5) is 11.4 Å². The second-order valence-electron chi connectivity index (χ2n) is 5.70. The standard InChI is InChI=1S/C15H24N4O/c1-18(2)10-14-7-4-8-19(14)11-15(20)17-13-6-3-5-12(16)9-13/h3,5-6,9,14H,4,7-8,10-11,16H2,1-2H3,(H,17,20). The zero-order valence-corrected chi connectivity index (χ0v) is 12.3. The Bertz CT molecular complexity index is 461. The molecule has 0 bridgehead atoms. The van der Waals surface area contributed by atoms with Crippen LogP contribution in [-0.4, -0.2) is 55.5 Å². The fraction of sp³-hybridized carbons (Fsp3) is 0.533. The summed E-state index contributed by atoms with van der Waals surface area (Å²) in [6.45, 7) is 2.46. The molecule has 1 aliphatic heterocycles. The molecular weight excluding hydrogens is 252 g/mol. The van der Waals surface area contributed by atoms with Crippen LogP contribution in [0.25, 0.3) is 0 Å². The third kappa shape index (κ3) is 4.21. The molecule has 1 amide bonds. The molecule has 5 nitrogen and oxygen atoms in total. The van der Waals surface area contributed by atoms with Gasteiger partial charge in [0.1, 0.15) is 0 Å². The van der Waals surface area contributed by atoms with Gasteiger partial charge in [0, 0.05) is 24.0 Å². The highest BCUT2D eigenvalue weighted by Crippen LogP contribution is 2.18. The molecule has 1 atom stereocenters. The Morgan fingerprint density at radius 2 is 2.30 bits per heavy atom. The second-order valence-corrected chi connectivity index (χ2v) is 5.70. The van der Waals surface area contributed by atoms with E-state index in [1.165, 1.54) is 12.8 Å². The van der Waals surface area contributed by atoms with E-state index in [4.69, 9.17) is 5.73 Å². The molecule has 1 heterocycles. The highest BCUT2D eigenvalue weighted by Gasteiger charge is 2.26. The number of hydrogen-bond donors (Lipinski definition) is 2. The Labute approximate surface area is 120 Å². The smallest absolute Gasteiger partial charge is 0.238 e. The molecule has 1 aliphatic rings. The summed E-state index contributed by atoms with van der Waals surface area (Å²) in [6, 6.07) is 7.77. The number of likely N-dealkylation sites (N-methyl/N-ethyl adjacent to an activating group) is 1. The minimum atomic E-state index is 0.0289. The van der Waals surface area contributed by atoms with Crippen LogP contribution in [0, 0.1) is 0 Å². The number of carbonyl (C=O) groups is 1. The molecule has 2 rings (SSSR count). The molecule has 1 aromatic carbocycles. The van der Waals surface area contributed by atoms with E-state index in [1.54, 1.807) is 6.07 Å². The second kappa shape index (κ2) is 6.72. The van der Waals surface area contributed by atoms with Crippen LogP contribution >= 0.6 is 0 Å². The predicted octanol–water partition coefficient (Wildman–Crippen LogP) is 1.23. The molecule has 1 unspecified atom stereocenters. The van der Waals surface area contributed by atoms with Crippen molar-refractivity contribution in [3.63, 3.8) is 0 Å². The van der Waals surface area contributed by atoms with Crippen molar-refractivity contribution in [2.45, 2.75) is 18.9 Å². The summed E-state index contributed by atoms with van der Waals surface area (Å²) in [6.07, 6.45) is 2.34. The summed E-state index contributed by atoms with van der Waals surface area (Å²) in [5, 5.41) is 2.91. The Hall–Kier alpha value is -1.59. The lowest BCUT2D eigenvalue weighted by Gasteiger charge is -2.26. The topological polar surface area (TPSA) is 61.6 Å². The number of likely N-dealkylation sites (tertiary alicyclic amines) is 1. The van der Waals surface area contributed by atoms with Gasteiger partial charge < -0.3 is 16.0 Å². The van der Waals surface area contributed by atoms with Crippen molar-refractivity contribution in [2.24, 2.45) is 0 Å². The Balaban J connectivity index is 1.87. The summed E-state index contributed by atoms with van der Waals surface area (Å²) >= 11 is 0. The lowest BCUT2D eigenvalue weighted by Crippen LogP contribution is -2.41. The molecule has 1 saturated heterocycles. The molecule has 1 fully saturated rings. The van der Waals surface area contributed by atoms with Crippen molar-refractivity contribution in [2.75, 3.05) is 44.8 Å². The van der Waals surface area contributed by atoms with Crippen molar-refractivity contribution < 1.29 is 4.79 Å². The summed E-state index contributed by atoms with van der Waals surface area (Å²) in [4.78, 5) is 16.5. The number of hydrogen-bond acceptors (Lipinski definition) is 4. The van der Waals surface area contributed by atoms with Crippen LogP contribution < -0.4 is 11.1 Å². The van der Waals surface area contributed by atoms with E-state index >= 15 is 0 Å². The lowest BCUT2D eigenvalue weighted by atomic mass is 10.2. The Morgan fingerprint density at radius 1 is 1.50 bits per heavy atom. The van der Waals surface area contributed by atoms with Gasteiger partial charge in [-0.05, 0) is 51.7 Å². The molecule has 0 aliphatic carbocycles. The Kier molecular flexibility index (Phi) is 4.98. The number of nitrogens with one attached hydrogen (secondary N) is 1. The molecule has 3 N–H and O–H groups in total. The summed E-state index contributed by atoms with van der Waals surface area (Å²) in [5.74, 6) is 0.0289. The first kappa shape index (κ1) is 14.8. The van der Waals surface area contributed by atoms with Gasteiger partial charge in [0.05, 0.1) is 6.54 Å². The van der Waals surface area contributed by atoms with Gasteiger partial charge in [-0.25, -0.2) is 0 Å². The van der Waals surface area contributed by atoms with Crippen LogP contribution in [0.15, 0.2) is 24.3 Å². The van der Waals surface area contributed by atoms with Gasteiger partial charge in [-0.15, -0.1) is 0 Å². The average Bonchev–Trinajstić information content (AvgIpc) is 2.75. The van der Waals surface area contributed by atoms with Crippen molar-refractivity contribution in [3.8, 4) is 0 Å². The molecule has 1 aromatic rings. The molecule has 0 spiro atoms. The van der Waals surface area contributed by atoms with Crippen LogP contribution in [0.2, 0.25) is 0 Å². The maximum Gasteiger partial charge on any atom is 0.238 e. The number of benzene rings is 1. The number of amides is 1. The molecule has 5 heteroatoms. The number of nitrogens with two attached hydrogens (primary N) is 1. The fourth-order valence-electron chi connectivity index (χ4n) is 2.73. The van der Waals surface area contributed by atoms with Crippen LogP contribution in [0.3, 0.4) is 0 Å². The van der Waals surface area contributed by atoms with Gasteiger partial charge in [-0.1, -0.05) is 6.07 Å². The minimum absolute atomic E-state index is 0.0289. The summed E-state index contributed by atoms with van der Waals surface area (Å²) in [7, 11) is 4.15. The molecule has 20 heavy (non-hydrogen) atoms. The fourth-order valence-corrected chi connectivity index (χ4v) is 2.73. The van der Waals surface area contributed by atoms with Crippen molar-refractivity contribution in [1.29, 1.82) is 0 Å². The van der Waals surface area contributed by atoms with Crippen LogP contribution in [0.1, 0.15) is 12.8 Å². The number of carbonyl (C=O) groups excluding carboxylic acids is 1. The zero-order chi connectivity index (χ0) is 14.5. The Morgan fingerprint density at radius 3 is 3.00 bits per heavy atom. The first-order chi connectivity index (χ1) is 9.54. The summed E-state index contributed by atoms with van der Waals surface area (Å²) in [5.41, 5.74) is 7.13. The van der Waals surface area contributed by atoms with Gasteiger partial charge in [0.15, 0.2) is 0 Å². The first-order valence-electron chi connectivity index (χ1n) is 7.09. The van der Waals surface area contributed by atoms with E-state index in [2.05, 4.69) is 29.2 Å². The van der Waals surface area contributed by atoms with Gasteiger partial charge >= 0.3 is 0 Å². The van der Waals surface area contributed by atoms with Crippen LogP contribution in [-0.2, 0) is 4.79 Å². The highest BCUT2D eigenvalue weighted by atomic mass is 16.2. The van der Waals surface area contributed by atoms with Crippen molar-refractivity contribution in [1.82, 2.24) is 9.80 Å². The molecule has 0 aromatic heterocycles. The minimum Gasteiger partial charge on any atom is -0.399 e. The SMILES string of the molecule is CN(C)CC1CCCN1CC(=O)Nc1cccc(N)c1. The number of anilines is 2. The van der Waals surface area contributed by atoms with E-state index in [9.17, 15) is 4.79 Å². The normalized spacial score (nSPS) is 19.4. The molecular formula is C15H24N4O. The third-order valence-electron chi connectivity index (χ3n) is 3.59. The first-order valence-corrected chi connectivity index (χ1v) is 7.09. The van der Waals surface area contributed by atoms with Gasteiger partial charge in [0.25, 0.3) is 0 Å². The average molecular weight is 276 g/mol. The zero-order valence-electron chi connectivity index (χ0n) is 12.3. The van der Waals surface area contributed by atoms with Gasteiger partial charge in [-0.2, -0.15) is 0 Å². The van der Waals surface area contributed by atoms with Crippen molar-refractivity contribution in [3.05, 3.63) is 24.3 Å². The van der Waals surface area contributed by atoms with E-state index < -0.39 is 0 Å². The largest absolute Gasteiger partial charge is 0.399 e. The summed E-state index contributed by atoms with van der Waals surface area (Å²) < 4.78 is 0. The number of nitrogen functional groups attached to an aromatic ring is 1. The number of nitrogens with zero attached hydrogens (tertiary/aromatic N) is 2.